The average Bonchev–Trinajstić information content (AvgIpc) is 3.71. The second kappa shape index (κ2) is 8.76. The highest BCUT2D eigenvalue weighted by molar-refractivity contribution is 7.26. The molecule has 2 aliphatic carbocycles. The molecule has 43 heavy (non-hydrogen) atoms. The Morgan fingerprint density at radius 2 is 1.47 bits per heavy atom. The molecule has 4 unspecified atom stereocenters. The Kier molecular flexibility index (Phi) is 4.80. The minimum absolute atomic E-state index is 0.0536. The number of hydrogen-bond donors (Lipinski definition) is 0. The first-order chi connectivity index (χ1) is 21.3. The number of thiophene rings is 1. The Hall–Kier alpha value is -5.00. The molecule has 0 saturated heterocycles. The summed E-state index contributed by atoms with van der Waals surface area (Å²) in [5.74, 6) is 2.15. The zero-order valence-corrected chi connectivity index (χ0v) is 23.9. The van der Waals surface area contributed by atoms with Crippen molar-refractivity contribution in [2.24, 2.45) is 0 Å². The lowest BCUT2D eigenvalue weighted by atomic mass is 9.88. The van der Waals surface area contributed by atoms with E-state index in [-0.39, 0.29) is 24.0 Å². The number of allylic oxidation sites excluding steroid dienone is 4. The highest BCUT2D eigenvalue weighted by Gasteiger charge is 2.42. The Balaban J connectivity index is 1.24. The Bertz CT molecular complexity index is 2260. The molecule has 0 fully saturated rings. The lowest BCUT2D eigenvalue weighted by molar-refractivity contribution is 0.268. The van der Waals surface area contributed by atoms with Crippen molar-refractivity contribution in [2.75, 3.05) is 4.90 Å². The van der Waals surface area contributed by atoms with Gasteiger partial charge in [-0.15, -0.1) is 11.3 Å². The van der Waals surface area contributed by atoms with Crippen LogP contribution in [0, 0.1) is 0 Å². The number of benzene rings is 4. The van der Waals surface area contributed by atoms with Crippen molar-refractivity contribution in [2.45, 2.75) is 24.0 Å². The second-order valence-corrected chi connectivity index (χ2v) is 12.7. The Morgan fingerprint density at radius 3 is 2.35 bits per heavy atom. The minimum atomic E-state index is 0.0536. The summed E-state index contributed by atoms with van der Waals surface area (Å²) in [6, 6.07) is 28.4. The third kappa shape index (κ3) is 3.37. The van der Waals surface area contributed by atoms with Gasteiger partial charge in [0.2, 0.25) is 5.95 Å². The second-order valence-electron chi connectivity index (χ2n) is 11.7. The van der Waals surface area contributed by atoms with Crippen LogP contribution in [0.1, 0.15) is 23.0 Å². The number of fused-ring (bicyclic) bond motifs is 10. The fourth-order valence-corrected chi connectivity index (χ4v) is 8.50. The predicted molar refractivity (Wildman–Crippen MR) is 177 cm³/mol. The van der Waals surface area contributed by atoms with Gasteiger partial charge in [0.25, 0.3) is 0 Å². The van der Waals surface area contributed by atoms with Crippen molar-refractivity contribution >= 4 is 54.0 Å². The van der Waals surface area contributed by atoms with E-state index in [9.17, 15) is 0 Å². The summed E-state index contributed by atoms with van der Waals surface area (Å²) in [6.45, 7) is 0. The molecule has 6 aromatic rings. The summed E-state index contributed by atoms with van der Waals surface area (Å²) in [4.78, 5) is 13.2. The predicted octanol–water partition coefficient (Wildman–Crippen LogP) is 9.37. The molecule has 0 spiro atoms. The van der Waals surface area contributed by atoms with Crippen molar-refractivity contribution < 1.29 is 4.74 Å². The fourth-order valence-electron chi connectivity index (χ4n) is 7.31. The van der Waals surface area contributed by atoms with Crippen molar-refractivity contribution in [3.05, 3.63) is 139 Å². The molecule has 2 aliphatic heterocycles. The van der Waals surface area contributed by atoms with Gasteiger partial charge in [-0.05, 0) is 46.7 Å². The van der Waals surface area contributed by atoms with Gasteiger partial charge in [0.1, 0.15) is 11.9 Å². The van der Waals surface area contributed by atoms with E-state index < -0.39 is 0 Å². The van der Waals surface area contributed by atoms with E-state index in [4.69, 9.17) is 14.7 Å². The number of aromatic nitrogens is 2. The van der Waals surface area contributed by atoms with Crippen LogP contribution in [0.15, 0.2) is 127 Å². The quantitative estimate of drug-likeness (QED) is 0.208. The molecule has 0 saturated carbocycles. The Labute approximate surface area is 252 Å². The van der Waals surface area contributed by atoms with Gasteiger partial charge in [0, 0.05) is 38.7 Å². The third-order valence-corrected chi connectivity index (χ3v) is 10.5. The molecule has 4 nitrogen and oxygen atoms in total. The molecule has 10 rings (SSSR count). The van der Waals surface area contributed by atoms with Gasteiger partial charge in [-0.1, -0.05) is 97.1 Å². The summed E-state index contributed by atoms with van der Waals surface area (Å²) in [6.07, 6.45) is 17.6. The van der Waals surface area contributed by atoms with Gasteiger partial charge < -0.3 is 9.64 Å². The SMILES string of the molecule is C1=CC2Oc3cc4c(cc3C2C=C1)N(c1nc(-c2ccccc2)c2sc3cc5ccccc5cc3c2n1)C1C=CC=CC41. The first kappa shape index (κ1) is 23.6. The molecule has 4 aliphatic rings. The van der Waals surface area contributed by atoms with Gasteiger partial charge >= 0.3 is 0 Å². The van der Waals surface area contributed by atoms with Gasteiger partial charge in [-0.25, -0.2) is 9.97 Å². The molecule has 4 heterocycles. The van der Waals surface area contributed by atoms with E-state index in [2.05, 4.69) is 132 Å². The number of hydrogen-bond acceptors (Lipinski definition) is 5. The first-order valence-electron chi connectivity index (χ1n) is 14.8. The van der Waals surface area contributed by atoms with Crippen LogP contribution in [0.5, 0.6) is 5.75 Å². The largest absolute Gasteiger partial charge is 0.485 e. The van der Waals surface area contributed by atoms with Crippen molar-refractivity contribution in [3.63, 3.8) is 0 Å². The van der Waals surface area contributed by atoms with Gasteiger partial charge in [-0.2, -0.15) is 0 Å². The molecule has 2 aromatic heterocycles. The molecular formula is C38H25N3OS. The van der Waals surface area contributed by atoms with E-state index >= 15 is 0 Å². The van der Waals surface area contributed by atoms with Crippen LogP contribution in [-0.4, -0.2) is 22.1 Å². The topological polar surface area (TPSA) is 38.2 Å². The Morgan fingerprint density at radius 1 is 0.698 bits per heavy atom. The first-order valence-corrected chi connectivity index (χ1v) is 15.6. The highest BCUT2D eigenvalue weighted by atomic mass is 32.1. The van der Waals surface area contributed by atoms with E-state index in [1.807, 2.05) is 0 Å². The summed E-state index contributed by atoms with van der Waals surface area (Å²) in [5, 5.41) is 3.65. The zero-order chi connectivity index (χ0) is 28.1. The van der Waals surface area contributed by atoms with E-state index in [1.54, 1.807) is 11.3 Å². The molecule has 0 N–H and O–H groups in total. The van der Waals surface area contributed by atoms with Gasteiger partial charge in [0.05, 0.1) is 22.0 Å². The van der Waals surface area contributed by atoms with Gasteiger partial charge in [0.15, 0.2) is 0 Å². The standard InChI is InChI=1S/C38H25N3OS/c1-2-10-22(11-3-1)35-37-36(29-18-23-12-4-5-13-24(23)19-34(29)43-37)40-38(39-35)41-30-16-8-6-14-25(30)27-21-33-28(20-31(27)41)26-15-7-9-17-32(26)42-33/h1-21,25-26,30,32H. The maximum Gasteiger partial charge on any atom is 0.231 e. The molecular weight excluding hydrogens is 547 g/mol. The van der Waals surface area contributed by atoms with E-state index in [1.165, 1.54) is 37.7 Å². The number of ether oxygens (including phenoxy) is 1. The number of rotatable bonds is 2. The monoisotopic (exact) mass is 571 g/mol. The van der Waals surface area contributed by atoms with E-state index in [0.29, 0.717) is 0 Å². The summed E-state index contributed by atoms with van der Waals surface area (Å²) in [5.41, 5.74) is 6.77. The van der Waals surface area contributed by atoms with Crippen molar-refractivity contribution in [1.29, 1.82) is 0 Å². The van der Waals surface area contributed by atoms with Crippen LogP contribution < -0.4 is 9.64 Å². The smallest absolute Gasteiger partial charge is 0.231 e. The van der Waals surface area contributed by atoms with Crippen LogP contribution >= 0.6 is 11.3 Å². The molecule has 0 amide bonds. The third-order valence-electron chi connectivity index (χ3n) is 9.32. The highest BCUT2D eigenvalue weighted by Crippen LogP contribution is 2.53. The lowest BCUT2D eigenvalue weighted by Crippen LogP contribution is -2.30. The van der Waals surface area contributed by atoms with Crippen LogP contribution in [0.4, 0.5) is 11.6 Å². The zero-order valence-electron chi connectivity index (χ0n) is 23.1. The normalized spacial score (nSPS) is 22.7. The molecule has 5 heteroatoms. The average molecular weight is 572 g/mol. The number of nitrogens with zero attached hydrogens (tertiary/aromatic N) is 3. The van der Waals surface area contributed by atoms with Crippen molar-refractivity contribution in [1.82, 2.24) is 9.97 Å². The minimum Gasteiger partial charge on any atom is -0.485 e. The maximum atomic E-state index is 6.44. The molecule has 4 atom stereocenters. The van der Waals surface area contributed by atoms with Crippen LogP contribution in [0.2, 0.25) is 0 Å². The summed E-state index contributed by atoms with van der Waals surface area (Å²) in [7, 11) is 0. The van der Waals surface area contributed by atoms with Gasteiger partial charge in [-0.3, -0.25) is 0 Å². The lowest BCUT2D eigenvalue weighted by Gasteiger charge is -2.27. The van der Waals surface area contributed by atoms with Crippen LogP contribution in [0.25, 0.3) is 42.3 Å². The van der Waals surface area contributed by atoms with Crippen molar-refractivity contribution in [3.8, 4) is 17.0 Å². The fraction of sp³-hybridized carbons (Fsp3) is 0.105. The maximum absolute atomic E-state index is 6.44. The molecule has 0 radical (unpaired) electrons. The molecule has 4 aromatic carbocycles. The van der Waals surface area contributed by atoms with Crippen LogP contribution in [0.3, 0.4) is 0 Å². The van der Waals surface area contributed by atoms with E-state index in [0.717, 1.165) is 33.2 Å². The summed E-state index contributed by atoms with van der Waals surface area (Å²) < 4.78 is 8.79. The molecule has 0 bridgehead atoms. The van der Waals surface area contributed by atoms with Crippen LogP contribution in [-0.2, 0) is 0 Å². The molecule has 204 valence electrons. The summed E-state index contributed by atoms with van der Waals surface area (Å²) >= 11 is 1.79. The number of anilines is 2.